The van der Waals surface area contributed by atoms with Gasteiger partial charge in [-0.25, -0.2) is 4.98 Å². The van der Waals surface area contributed by atoms with Gasteiger partial charge in [0.25, 0.3) is 0 Å². The average Bonchev–Trinajstić information content (AvgIpc) is 2.68. The number of aryl methyl sites for hydroxylation is 1. The standard InChI is InChI=1S/C13H19N3S2/c1-4-9(7-17-3)16-11-6-12-13(5-10(11)14)18-8(2)15-12/h5-6,9,16H,4,7,14H2,1-3H3. The van der Waals surface area contributed by atoms with Gasteiger partial charge in [0.05, 0.1) is 26.6 Å². The first-order valence-electron chi connectivity index (χ1n) is 6.06. The lowest BCUT2D eigenvalue weighted by atomic mass is 10.2. The number of hydrogen-bond acceptors (Lipinski definition) is 5. The molecule has 0 aliphatic heterocycles. The lowest BCUT2D eigenvalue weighted by molar-refractivity contribution is 0.775. The first-order chi connectivity index (χ1) is 8.63. The summed E-state index contributed by atoms with van der Waals surface area (Å²) in [5, 5.41) is 4.60. The molecule has 0 fully saturated rings. The van der Waals surface area contributed by atoms with E-state index in [2.05, 4.69) is 29.5 Å². The summed E-state index contributed by atoms with van der Waals surface area (Å²) >= 11 is 3.54. The Kier molecular flexibility index (Phi) is 4.35. The van der Waals surface area contributed by atoms with Crippen LogP contribution in [-0.4, -0.2) is 23.0 Å². The molecule has 0 aliphatic carbocycles. The zero-order valence-corrected chi connectivity index (χ0v) is 12.6. The average molecular weight is 281 g/mol. The van der Waals surface area contributed by atoms with Crippen molar-refractivity contribution in [1.29, 1.82) is 0 Å². The molecular weight excluding hydrogens is 262 g/mol. The maximum Gasteiger partial charge on any atom is 0.0907 e. The predicted octanol–water partition coefficient (Wildman–Crippen LogP) is 3.74. The Balaban J connectivity index is 2.29. The monoisotopic (exact) mass is 281 g/mol. The van der Waals surface area contributed by atoms with Crippen molar-refractivity contribution in [2.45, 2.75) is 26.3 Å². The first-order valence-corrected chi connectivity index (χ1v) is 8.27. The molecule has 3 N–H and O–H groups in total. The van der Waals surface area contributed by atoms with Crippen LogP contribution in [-0.2, 0) is 0 Å². The molecule has 0 spiro atoms. The van der Waals surface area contributed by atoms with Crippen LogP contribution < -0.4 is 11.1 Å². The van der Waals surface area contributed by atoms with Crippen molar-refractivity contribution < 1.29 is 0 Å². The zero-order valence-electron chi connectivity index (χ0n) is 11.0. The molecule has 0 radical (unpaired) electrons. The second-order valence-corrected chi connectivity index (χ2v) is 6.49. The summed E-state index contributed by atoms with van der Waals surface area (Å²) < 4.78 is 1.16. The lowest BCUT2D eigenvalue weighted by Crippen LogP contribution is -2.21. The minimum atomic E-state index is 0.458. The molecule has 0 amide bonds. The van der Waals surface area contributed by atoms with Gasteiger partial charge in [0.2, 0.25) is 0 Å². The van der Waals surface area contributed by atoms with Crippen LogP contribution in [0, 0.1) is 6.92 Å². The van der Waals surface area contributed by atoms with E-state index >= 15 is 0 Å². The van der Waals surface area contributed by atoms with Gasteiger partial charge in [0.1, 0.15) is 0 Å². The smallest absolute Gasteiger partial charge is 0.0907 e. The van der Waals surface area contributed by atoms with E-state index in [0.29, 0.717) is 6.04 Å². The molecular formula is C13H19N3S2. The fourth-order valence-corrected chi connectivity index (χ4v) is 3.49. The topological polar surface area (TPSA) is 50.9 Å². The minimum absolute atomic E-state index is 0.458. The number of anilines is 2. The van der Waals surface area contributed by atoms with Crippen molar-refractivity contribution in [3.05, 3.63) is 17.1 Å². The van der Waals surface area contributed by atoms with Gasteiger partial charge in [0, 0.05) is 11.8 Å². The van der Waals surface area contributed by atoms with Gasteiger partial charge in [-0.1, -0.05) is 6.92 Å². The molecule has 3 nitrogen and oxygen atoms in total. The van der Waals surface area contributed by atoms with Crippen LogP contribution in [0.5, 0.6) is 0 Å². The van der Waals surface area contributed by atoms with Crippen molar-refractivity contribution in [2.24, 2.45) is 0 Å². The number of aromatic nitrogens is 1. The van der Waals surface area contributed by atoms with E-state index in [4.69, 9.17) is 5.73 Å². The Bertz CT molecular complexity index is 536. The van der Waals surface area contributed by atoms with Gasteiger partial charge in [-0.05, 0) is 31.7 Å². The van der Waals surface area contributed by atoms with Crippen LogP contribution in [0.2, 0.25) is 0 Å². The zero-order chi connectivity index (χ0) is 13.1. The maximum atomic E-state index is 6.10. The number of nitrogens with two attached hydrogens (primary N) is 1. The fraction of sp³-hybridized carbons (Fsp3) is 0.462. The van der Waals surface area contributed by atoms with E-state index in [0.717, 1.165) is 38.8 Å². The van der Waals surface area contributed by atoms with E-state index in [-0.39, 0.29) is 0 Å². The molecule has 0 aliphatic rings. The summed E-state index contributed by atoms with van der Waals surface area (Å²) in [5.41, 5.74) is 8.96. The van der Waals surface area contributed by atoms with E-state index in [1.54, 1.807) is 11.3 Å². The molecule has 0 saturated carbocycles. The van der Waals surface area contributed by atoms with Gasteiger partial charge < -0.3 is 11.1 Å². The number of hydrogen-bond donors (Lipinski definition) is 2. The number of thiazole rings is 1. The van der Waals surface area contributed by atoms with Crippen LogP contribution in [0.4, 0.5) is 11.4 Å². The van der Waals surface area contributed by atoms with Gasteiger partial charge in [-0.3, -0.25) is 0 Å². The number of nitrogen functional groups attached to an aromatic ring is 1. The summed E-state index contributed by atoms with van der Waals surface area (Å²) in [6, 6.07) is 4.55. The second-order valence-electron chi connectivity index (χ2n) is 4.34. The highest BCUT2D eigenvalue weighted by atomic mass is 32.2. The van der Waals surface area contributed by atoms with Crippen LogP contribution in [0.1, 0.15) is 18.4 Å². The number of thioether (sulfide) groups is 1. The molecule has 1 aromatic carbocycles. The molecule has 2 aromatic rings. The first kappa shape index (κ1) is 13.5. The highest BCUT2D eigenvalue weighted by Gasteiger charge is 2.10. The van der Waals surface area contributed by atoms with Gasteiger partial charge in [0.15, 0.2) is 0 Å². The van der Waals surface area contributed by atoms with E-state index in [1.807, 2.05) is 24.8 Å². The number of fused-ring (bicyclic) bond motifs is 1. The van der Waals surface area contributed by atoms with Gasteiger partial charge in [-0.15, -0.1) is 11.3 Å². The van der Waals surface area contributed by atoms with Gasteiger partial charge >= 0.3 is 0 Å². The van der Waals surface area contributed by atoms with Crippen LogP contribution in [0.3, 0.4) is 0 Å². The van der Waals surface area contributed by atoms with Crippen molar-refractivity contribution in [2.75, 3.05) is 23.1 Å². The quantitative estimate of drug-likeness (QED) is 0.820. The lowest BCUT2D eigenvalue weighted by Gasteiger charge is -2.18. The third-order valence-corrected chi connectivity index (χ3v) is 4.56. The Morgan fingerprint density at radius 3 is 2.94 bits per heavy atom. The Hall–Kier alpha value is -0.940. The second kappa shape index (κ2) is 5.80. The van der Waals surface area contributed by atoms with Crippen molar-refractivity contribution in [1.82, 2.24) is 4.98 Å². The number of benzene rings is 1. The molecule has 2 rings (SSSR count). The molecule has 1 atom stereocenters. The molecule has 0 saturated heterocycles. The molecule has 1 unspecified atom stereocenters. The largest absolute Gasteiger partial charge is 0.397 e. The summed E-state index contributed by atoms with van der Waals surface area (Å²) in [6.45, 7) is 4.21. The summed E-state index contributed by atoms with van der Waals surface area (Å²) in [6.07, 6.45) is 3.22. The molecule has 98 valence electrons. The summed E-state index contributed by atoms with van der Waals surface area (Å²) in [4.78, 5) is 4.51. The van der Waals surface area contributed by atoms with E-state index < -0.39 is 0 Å². The third kappa shape index (κ3) is 2.90. The highest BCUT2D eigenvalue weighted by Crippen LogP contribution is 2.30. The Morgan fingerprint density at radius 1 is 1.50 bits per heavy atom. The molecule has 18 heavy (non-hydrogen) atoms. The minimum Gasteiger partial charge on any atom is -0.397 e. The maximum absolute atomic E-state index is 6.10. The van der Waals surface area contributed by atoms with Crippen molar-refractivity contribution in [3.8, 4) is 0 Å². The summed E-state index contributed by atoms with van der Waals surface area (Å²) in [7, 11) is 0. The number of nitrogens with zero attached hydrogens (tertiary/aromatic N) is 1. The Morgan fingerprint density at radius 2 is 2.28 bits per heavy atom. The van der Waals surface area contributed by atoms with Crippen LogP contribution >= 0.6 is 23.1 Å². The fourth-order valence-electron chi connectivity index (χ4n) is 1.91. The van der Waals surface area contributed by atoms with Crippen LogP contribution in [0.15, 0.2) is 12.1 Å². The Labute approximate surface area is 116 Å². The van der Waals surface area contributed by atoms with Gasteiger partial charge in [-0.2, -0.15) is 11.8 Å². The molecule has 1 heterocycles. The number of rotatable bonds is 5. The molecule has 0 bridgehead atoms. The highest BCUT2D eigenvalue weighted by molar-refractivity contribution is 7.98. The number of nitrogens with one attached hydrogen (secondary N) is 1. The predicted molar refractivity (Wildman–Crippen MR) is 84.9 cm³/mol. The van der Waals surface area contributed by atoms with E-state index in [1.165, 1.54) is 0 Å². The molecule has 5 heteroatoms. The van der Waals surface area contributed by atoms with Crippen molar-refractivity contribution >= 4 is 44.7 Å². The van der Waals surface area contributed by atoms with E-state index in [9.17, 15) is 0 Å². The summed E-state index contributed by atoms with van der Waals surface area (Å²) in [5.74, 6) is 1.09. The van der Waals surface area contributed by atoms with Crippen LogP contribution in [0.25, 0.3) is 10.2 Å². The normalized spacial score (nSPS) is 12.8. The molecule has 1 aromatic heterocycles. The third-order valence-electron chi connectivity index (χ3n) is 2.89. The van der Waals surface area contributed by atoms with Crippen molar-refractivity contribution in [3.63, 3.8) is 0 Å². The SMILES string of the molecule is CCC(CSC)Nc1cc2nc(C)sc2cc1N.